The van der Waals surface area contributed by atoms with Crippen molar-refractivity contribution in [2.45, 2.75) is 52.6 Å². The molecule has 0 aliphatic heterocycles. The molecular weight excluding hydrogens is 177 g/mol. The molecule has 2 atom stereocenters. The maximum absolute atomic E-state index is 12.1. The van der Waals surface area contributed by atoms with Crippen molar-refractivity contribution in [1.82, 2.24) is 0 Å². The van der Waals surface area contributed by atoms with E-state index in [0.29, 0.717) is 18.8 Å². The van der Waals surface area contributed by atoms with Gasteiger partial charge in [0.15, 0.2) is 0 Å². The summed E-state index contributed by atoms with van der Waals surface area (Å²) in [5.41, 5.74) is 0. The summed E-state index contributed by atoms with van der Waals surface area (Å²) in [6.07, 6.45) is -1.57. The van der Waals surface area contributed by atoms with Crippen LogP contribution in [0.3, 0.4) is 0 Å². The number of hydrogen-bond acceptors (Lipinski definition) is 0. The SMILES string of the molecule is CC.CCC1CCC(C(F)(F)F)C1. The Morgan fingerprint density at radius 1 is 1.15 bits per heavy atom. The van der Waals surface area contributed by atoms with Gasteiger partial charge in [0.1, 0.15) is 0 Å². The highest BCUT2D eigenvalue weighted by Crippen LogP contribution is 2.42. The normalized spacial score (nSPS) is 28.2. The highest BCUT2D eigenvalue weighted by molar-refractivity contribution is 4.79. The first-order valence-electron chi connectivity index (χ1n) is 5.10. The molecule has 2 unspecified atom stereocenters. The molecule has 0 N–H and O–H groups in total. The van der Waals surface area contributed by atoms with E-state index in [1.165, 1.54) is 0 Å². The molecule has 1 saturated carbocycles. The Hall–Kier alpha value is -0.210. The highest BCUT2D eigenvalue weighted by Gasteiger charge is 2.43. The molecule has 1 aliphatic carbocycles. The second kappa shape index (κ2) is 5.51. The molecule has 0 bridgehead atoms. The predicted molar refractivity (Wildman–Crippen MR) is 48.5 cm³/mol. The molecule has 1 rings (SSSR count). The van der Waals surface area contributed by atoms with Gasteiger partial charge in [-0.2, -0.15) is 13.2 Å². The Labute approximate surface area is 78.5 Å². The van der Waals surface area contributed by atoms with Gasteiger partial charge in [0.2, 0.25) is 0 Å². The van der Waals surface area contributed by atoms with Crippen LogP contribution in [0.5, 0.6) is 0 Å². The quantitative estimate of drug-likeness (QED) is 0.583. The van der Waals surface area contributed by atoms with Gasteiger partial charge in [-0.15, -0.1) is 0 Å². The van der Waals surface area contributed by atoms with Gasteiger partial charge < -0.3 is 0 Å². The van der Waals surface area contributed by atoms with Crippen molar-refractivity contribution >= 4 is 0 Å². The van der Waals surface area contributed by atoms with Crippen molar-refractivity contribution in [2.24, 2.45) is 11.8 Å². The van der Waals surface area contributed by atoms with Crippen molar-refractivity contribution < 1.29 is 13.2 Å². The minimum atomic E-state index is -3.94. The lowest BCUT2D eigenvalue weighted by atomic mass is 10.0. The molecule has 0 radical (unpaired) electrons. The summed E-state index contributed by atoms with van der Waals surface area (Å²) in [6, 6.07) is 0. The maximum atomic E-state index is 12.1. The second-order valence-electron chi connectivity index (χ2n) is 3.33. The standard InChI is InChI=1S/C8H13F3.C2H6/c1-2-6-3-4-7(5-6)8(9,10)11;1-2/h6-7H,2-5H2,1H3;1-2H3. The van der Waals surface area contributed by atoms with Gasteiger partial charge in [-0.1, -0.05) is 27.2 Å². The minimum Gasteiger partial charge on any atom is -0.171 e. The van der Waals surface area contributed by atoms with Crippen LogP contribution < -0.4 is 0 Å². The Bertz CT molecular complexity index is 129. The van der Waals surface area contributed by atoms with Crippen LogP contribution in [0, 0.1) is 11.8 Å². The Morgan fingerprint density at radius 3 is 1.92 bits per heavy atom. The third-order valence-electron chi connectivity index (χ3n) is 2.58. The van der Waals surface area contributed by atoms with E-state index < -0.39 is 12.1 Å². The topological polar surface area (TPSA) is 0 Å². The van der Waals surface area contributed by atoms with Crippen molar-refractivity contribution in [1.29, 1.82) is 0 Å². The van der Waals surface area contributed by atoms with Gasteiger partial charge in [0, 0.05) is 0 Å². The number of alkyl halides is 3. The zero-order valence-corrected chi connectivity index (χ0v) is 8.62. The number of halogens is 3. The molecule has 80 valence electrons. The molecule has 0 aromatic rings. The third-order valence-corrected chi connectivity index (χ3v) is 2.58. The summed E-state index contributed by atoms with van der Waals surface area (Å²) in [6.45, 7) is 5.96. The first kappa shape index (κ1) is 12.8. The van der Waals surface area contributed by atoms with Gasteiger partial charge in [0.05, 0.1) is 5.92 Å². The lowest BCUT2D eigenvalue weighted by Gasteiger charge is -2.13. The van der Waals surface area contributed by atoms with Gasteiger partial charge in [-0.25, -0.2) is 0 Å². The van der Waals surface area contributed by atoms with E-state index >= 15 is 0 Å². The molecule has 0 amide bonds. The van der Waals surface area contributed by atoms with E-state index in [4.69, 9.17) is 0 Å². The van der Waals surface area contributed by atoms with Crippen LogP contribution in [-0.4, -0.2) is 6.18 Å². The van der Waals surface area contributed by atoms with Crippen molar-refractivity contribution in [3.8, 4) is 0 Å². The van der Waals surface area contributed by atoms with E-state index in [1.54, 1.807) is 0 Å². The van der Waals surface area contributed by atoms with Gasteiger partial charge in [0.25, 0.3) is 0 Å². The first-order valence-corrected chi connectivity index (χ1v) is 5.10. The molecule has 1 aliphatic rings. The second-order valence-corrected chi connectivity index (χ2v) is 3.33. The van der Waals surface area contributed by atoms with E-state index in [9.17, 15) is 13.2 Å². The van der Waals surface area contributed by atoms with Crippen LogP contribution in [-0.2, 0) is 0 Å². The first-order chi connectivity index (χ1) is 6.04. The lowest BCUT2D eigenvalue weighted by molar-refractivity contribution is -0.173. The number of hydrogen-bond donors (Lipinski definition) is 0. The average molecular weight is 196 g/mol. The van der Waals surface area contributed by atoms with E-state index in [0.717, 1.165) is 12.8 Å². The largest absolute Gasteiger partial charge is 0.391 e. The molecule has 1 fully saturated rings. The van der Waals surface area contributed by atoms with E-state index in [2.05, 4.69) is 0 Å². The Balaban J connectivity index is 0.000000671. The zero-order chi connectivity index (χ0) is 10.5. The van der Waals surface area contributed by atoms with Crippen LogP contribution in [0.2, 0.25) is 0 Å². The van der Waals surface area contributed by atoms with Gasteiger partial charge in [-0.3, -0.25) is 0 Å². The molecule has 13 heavy (non-hydrogen) atoms. The van der Waals surface area contributed by atoms with Crippen molar-refractivity contribution in [2.75, 3.05) is 0 Å². The molecular formula is C10H19F3. The molecule has 0 aromatic heterocycles. The smallest absolute Gasteiger partial charge is 0.171 e. The van der Waals surface area contributed by atoms with Crippen LogP contribution in [0.4, 0.5) is 13.2 Å². The molecule has 0 nitrogen and oxygen atoms in total. The highest BCUT2D eigenvalue weighted by atomic mass is 19.4. The molecule has 0 aromatic carbocycles. The fourth-order valence-corrected chi connectivity index (χ4v) is 1.74. The summed E-state index contributed by atoms with van der Waals surface area (Å²) in [5.74, 6) is -0.686. The van der Waals surface area contributed by atoms with E-state index in [-0.39, 0.29) is 0 Å². The summed E-state index contributed by atoms with van der Waals surface area (Å²) < 4.78 is 36.2. The van der Waals surface area contributed by atoms with Gasteiger partial charge >= 0.3 is 6.18 Å². The maximum Gasteiger partial charge on any atom is 0.391 e. The van der Waals surface area contributed by atoms with Gasteiger partial charge in [-0.05, 0) is 25.2 Å². The average Bonchev–Trinajstić information content (AvgIpc) is 2.54. The molecule has 0 heterocycles. The molecule has 0 spiro atoms. The minimum absolute atomic E-state index is 0.321. The van der Waals surface area contributed by atoms with Crippen LogP contribution >= 0.6 is 0 Å². The predicted octanol–water partition coefficient (Wildman–Crippen LogP) is 4.40. The van der Waals surface area contributed by atoms with Crippen LogP contribution in [0.25, 0.3) is 0 Å². The van der Waals surface area contributed by atoms with Crippen LogP contribution in [0.1, 0.15) is 46.5 Å². The zero-order valence-electron chi connectivity index (χ0n) is 8.62. The summed E-state index contributed by atoms with van der Waals surface area (Å²) in [5, 5.41) is 0. The van der Waals surface area contributed by atoms with Crippen molar-refractivity contribution in [3.05, 3.63) is 0 Å². The van der Waals surface area contributed by atoms with E-state index in [1.807, 2.05) is 20.8 Å². The monoisotopic (exact) mass is 196 g/mol. The lowest BCUT2D eigenvalue weighted by Crippen LogP contribution is -2.19. The van der Waals surface area contributed by atoms with Crippen LogP contribution in [0.15, 0.2) is 0 Å². The fraction of sp³-hybridized carbons (Fsp3) is 1.00. The summed E-state index contributed by atoms with van der Waals surface area (Å²) >= 11 is 0. The van der Waals surface area contributed by atoms with Crippen molar-refractivity contribution in [3.63, 3.8) is 0 Å². The fourth-order valence-electron chi connectivity index (χ4n) is 1.74. The Morgan fingerprint density at radius 2 is 1.69 bits per heavy atom. The summed E-state index contributed by atoms with van der Waals surface area (Å²) in [4.78, 5) is 0. The molecule has 0 saturated heterocycles. The third kappa shape index (κ3) is 4.01. The summed E-state index contributed by atoms with van der Waals surface area (Å²) in [7, 11) is 0. The molecule has 3 heteroatoms. The Kier molecular flexibility index (Phi) is 5.42. The number of rotatable bonds is 1.